The minimum absolute atomic E-state index is 0.201. The molecule has 0 spiro atoms. The smallest absolute Gasteiger partial charge is 0.276 e. The molecule has 0 aliphatic carbocycles. The number of aromatic nitrogens is 2. The zero-order valence-electron chi connectivity index (χ0n) is 12.3. The standard InChI is InChI=1S/C15H16Cl2N4O/c1-3-21(4-2)13-9-8-12(19-20-13)15(22)18-14-10(16)6-5-7-11(14)17/h5-9H,3-4H2,1-2H3,(H,18,22). The van der Waals surface area contributed by atoms with E-state index in [4.69, 9.17) is 23.2 Å². The maximum Gasteiger partial charge on any atom is 0.276 e. The Morgan fingerprint density at radius 2 is 1.73 bits per heavy atom. The second-order valence-corrected chi connectivity index (χ2v) is 5.31. The first-order chi connectivity index (χ1) is 10.6. The zero-order chi connectivity index (χ0) is 16.1. The van der Waals surface area contributed by atoms with Crippen molar-refractivity contribution in [3.8, 4) is 0 Å². The van der Waals surface area contributed by atoms with Gasteiger partial charge in [-0.25, -0.2) is 0 Å². The summed E-state index contributed by atoms with van der Waals surface area (Å²) in [6, 6.07) is 8.40. The molecule has 0 aliphatic rings. The van der Waals surface area contributed by atoms with Crippen LogP contribution in [-0.4, -0.2) is 29.2 Å². The third-order valence-corrected chi connectivity index (χ3v) is 3.80. The van der Waals surface area contributed by atoms with Crippen LogP contribution in [0.2, 0.25) is 10.0 Å². The lowest BCUT2D eigenvalue weighted by Crippen LogP contribution is -2.24. The zero-order valence-corrected chi connectivity index (χ0v) is 13.8. The number of nitrogens with zero attached hydrogens (tertiary/aromatic N) is 3. The molecule has 0 radical (unpaired) electrons. The van der Waals surface area contributed by atoms with Crippen LogP contribution in [0.5, 0.6) is 0 Å². The molecule has 0 fully saturated rings. The molecule has 0 unspecified atom stereocenters. The summed E-state index contributed by atoms with van der Waals surface area (Å²) in [4.78, 5) is 14.2. The Labute approximate surface area is 139 Å². The lowest BCUT2D eigenvalue weighted by molar-refractivity contribution is 0.102. The van der Waals surface area contributed by atoms with Crippen molar-refractivity contribution in [2.24, 2.45) is 0 Å². The number of carbonyl (C=O) groups is 1. The van der Waals surface area contributed by atoms with Crippen molar-refractivity contribution in [1.29, 1.82) is 0 Å². The van der Waals surface area contributed by atoms with E-state index in [1.165, 1.54) is 0 Å². The van der Waals surface area contributed by atoms with Gasteiger partial charge in [-0.2, -0.15) is 0 Å². The van der Waals surface area contributed by atoms with Crippen LogP contribution in [0.4, 0.5) is 11.5 Å². The summed E-state index contributed by atoms with van der Waals surface area (Å²) >= 11 is 12.0. The van der Waals surface area contributed by atoms with Gasteiger partial charge in [0, 0.05) is 13.1 Å². The van der Waals surface area contributed by atoms with Crippen molar-refractivity contribution in [3.63, 3.8) is 0 Å². The first-order valence-electron chi connectivity index (χ1n) is 6.90. The van der Waals surface area contributed by atoms with E-state index in [-0.39, 0.29) is 5.69 Å². The Bertz CT molecular complexity index is 637. The Morgan fingerprint density at radius 3 is 2.23 bits per heavy atom. The van der Waals surface area contributed by atoms with Gasteiger partial charge in [-0.1, -0.05) is 29.3 Å². The van der Waals surface area contributed by atoms with Gasteiger partial charge >= 0.3 is 0 Å². The minimum Gasteiger partial charge on any atom is -0.356 e. The van der Waals surface area contributed by atoms with Crippen LogP contribution < -0.4 is 10.2 Å². The summed E-state index contributed by atoms with van der Waals surface area (Å²) in [7, 11) is 0. The van der Waals surface area contributed by atoms with Crippen LogP contribution in [0.3, 0.4) is 0 Å². The highest BCUT2D eigenvalue weighted by atomic mass is 35.5. The van der Waals surface area contributed by atoms with Crippen LogP contribution >= 0.6 is 23.2 Å². The molecule has 0 atom stereocenters. The Balaban J connectivity index is 2.17. The van der Waals surface area contributed by atoms with Gasteiger partial charge < -0.3 is 10.2 Å². The summed E-state index contributed by atoms with van der Waals surface area (Å²) < 4.78 is 0. The molecule has 0 aliphatic heterocycles. The fraction of sp³-hybridized carbons (Fsp3) is 0.267. The Hall–Kier alpha value is -1.85. The molecule has 1 aromatic heterocycles. The van der Waals surface area contributed by atoms with E-state index in [9.17, 15) is 4.79 Å². The summed E-state index contributed by atoms with van der Waals surface area (Å²) in [5, 5.41) is 11.4. The quantitative estimate of drug-likeness (QED) is 0.898. The van der Waals surface area contributed by atoms with E-state index in [1.807, 2.05) is 18.7 Å². The van der Waals surface area contributed by atoms with Crippen LogP contribution in [-0.2, 0) is 0 Å². The maximum absolute atomic E-state index is 12.2. The molecule has 1 aromatic carbocycles. The lowest BCUT2D eigenvalue weighted by Gasteiger charge is -2.18. The molecule has 22 heavy (non-hydrogen) atoms. The normalized spacial score (nSPS) is 10.4. The minimum atomic E-state index is -0.409. The van der Waals surface area contributed by atoms with E-state index in [2.05, 4.69) is 15.5 Å². The van der Waals surface area contributed by atoms with Gasteiger partial charge in [0.2, 0.25) is 0 Å². The number of para-hydroxylation sites is 1. The molecule has 7 heteroatoms. The third kappa shape index (κ3) is 3.67. The highest BCUT2D eigenvalue weighted by Crippen LogP contribution is 2.30. The van der Waals surface area contributed by atoms with Crippen LogP contribution in [0, 0.1) is 0 Å². The number of halogens is 2. The predicted octanol–water partition coefficient (Wildman–Crippen LogP) is 3.88. The number of benzene rings is 1. The molecule has 1 amide bonds. The molecule has 0 bridgehead atoms. The van der Waals surface area contributed by atoms with Crippen molar-refractivity contribution in [2.75, 3.05) is 23.3 Å². The average molecular weight is 339 g/mol. The Kier molecular flexibility index (Phi) is 5.57. The van der Waals surface area contributed by atoms with Crippen LogP contribution in [0.15, 0.2) is 30.3 Å². The van der Waals surface area contributed by atoms with Gasteiger partial charge in [0.25, 0.3) is 5.91 Å². The first kappa shape index (κ1) is 16.5. The van der Waals surface area contributed by atoms with E-state index in [1.54, 1.807) is 30.3 Å². The fourth-order valence-electron chi connectivity index (χ4n) is 1.96. The Morgan fingerprint density at radius 1 is 1.09 bits per heavy atom. The van der Waals surface area contributed by atoms with Crippen molar-refractivity contribution in [1.82, 2.24) is 10.2 Å². The number of nitrogens with one attached hydrogen (secondary N) is 1. The molecule has 5 nitrogen and oxygen atoms in total. The van der Waals surface area contributed by atoms with Gasteiger partial charge in [-0.15, -0.1) is 10.2 Å². The maximum atomic E-state index is 12.2. The van der Waals surface area contributed by atoms with Gasteiger partial charge in [0.15, 0.2) is 11.5 Å². The second-order valence-electron chi connectivity index (χ2n) is 4.50. The molecule has 2 rings (SSSR count). The van der Waals surface area contributed by atoms with Crippen LogP contribution in [0.1, 0.15) is 24.3 Å². The molecule has 0 saturated carbocycles. The van der Waals surface area contributed by atoms with Gasteiger partial charge in [-0.05, 0) is 38.1 Å². The SMILES string of the molecule is CCN(CC)c1ccc(C(=O)Nc2c(Cl)cccc2Cl)nn1. The van der Waals surface area contributed by atoms with E-state index < -0.39 is 5.91 Å². The van der Waals surface area contributed by atoms with E-state index >= 15 is 0 Å². The number of hydrogen-bond donors (Lipinski definition) is 1. The average Bonchev–Trinajstić information content (AvgIpc) is 2.53. The van der Waals surface area contributed by atoms with Crippen molar-refractivity contribution >= 4 is 40.6 Å². The second kappa shape index (κ2) is 7.42. The summed E-state index contributed by atoms with van der Waals surface area (Å²) in [6.45, 7) is 5.72. The number of hydrogen-bond acceptors (Lipinski definition) is 4. The van der Waals surface area contributed by atoms with Gasteiger partial charge in [0.1, 0.15) is 0 Å². The fourth-order valence-corrected chi connectivity index (χ4v) is 2.45. The van der Waals surface area contributed by atoms with Crippen molar-refractivity contribution in [3.05, 3.63) is 46.1 Å². The molecular weight excluding hydrogens is 323 g/mol. The molecule has 2 aromatic rings. The summed E-state index contributed by atoms with van der Waals surface area (Å²) in [5.74, 6) is 0.325. The summed E-state index contributed by atoms with van der Waals surface area (Å²) in [5.41, 5.74) is 0.567. The molecule has 116 valence electrons. The number of carbonyl (C=O) groups excluding carboxylic acids is 1. The third-order valence-electron chi connectivity index (χ3n) is 3.17. The van der Waals surface area contributed by atoms with E-state index in [0.29, 0.717) is 15.7 Å². The summed E-state index contributed by atoms with van der Waals surface area (Å²) in [6.07, 6.45) is 0. The molecule has 1 N–H and O–H groups in total. The van der Waals surface area contributed by atoms with Gasteiger partial charge in [0.05, 0.1) is 15.7 Å². The molecule has 0 saturated heterocycles. The topological polar surface area (TPSA) is 58.1 Å². The lowest BCUT2D eigenvalue weighted by atomic mass is 10.3. The predicted molar refractivity (Wildman–Crippen MR) is 90.0 cm³/mol. The van der Waals surface area contributed by atoms with Gasteiger partial charge in [-0.3, -0.25) is 4.79 Å². The molecular formula is C15H16Cl2N4O. The largest absolute Gasteiger partial charge is 0.356 e. The van der Waals surface area contributed by atoms with Crippen molar-refractivity contribution < 1.29 is 4.79 Å². The highest BCUT2D eigenvalue weighted by Gasteiger charge is 2.14. The monoisotopic (exact) mass is 338 g/mol. The van der Waals surface area contributed by atoms with Crippen molar-refractivity contribution in [2.45, 2.75) is 13.8 Å². The first-order valence-corrected chi connectivity index (χ1v) is 7.66. The number of amides is 1. The number of anilines is 2. The molecule has 1 heterocycles. The van der Waals surface area contributed by atoms with E-state index in [0.717, 1.165) is 18.9 Å². The number of rotatable bonds is 5. The highest BCUT2D eigenvalue weighted by molar-refractivity contribution is 6.39. The van der Waals surface area contributed by atoms with Crippen LogP contribution in [0.25, 0.3) is 0 Å².